The summed E-state index contributed by atoms with van der Waals surface area (Å²) in [5.41, 5.74) is 1.71. The van der Waals surface area contributed by atoms with Crippen LogP contribution in [0.2, 0.25) is 0 Å². The van der Waals surface area contributed by atoms with E-state index in [2.05, 4.69) is 0 Å². The van der Waals surface area contributed by atoms with Crippen LogP contribution in [-0.2, 0) is 4.74 Å². The molecule has 2 aliphatic heterocycles. The zero-order valence-corrected chi connectivity index (χ0v) is 14.1. The van der Waals surface area contributed by atoms with E-state index in [0.717, 1.165) is 11.6 Å². The van der Waals surface area contributed by atoms with Crippen LogP contribution in [0.25, 0.3) is 0 Å². The maximum absolute atomic E-state index is 12.2. The Balaban J connectivity index is 0.00000176. The molecule has 22 heavy (non-hydrogen) atoms. The standard InChI is InChI=1S/C18H25NO2.ClH/c1-14-7-2-3-9-16(14)18(20)21-13-15-8-6-12-19-11-5-4-10-17(15)19;/h2-3,7,9,15,17H,4-6,8,10-13H2,1H3;1H. The Kier molecular flexibility index (Phi) is 6.27. The molecule has 2 fully saturated rings. The number of nitrogens with one attached hydrogen (secondary N) is 1. The van der Waals surface area contributed by atoms with Gasteiger partial charge in [-0.05, 0) is 50.7 Å². The molecular formula is C18H26ClNO2. The van der Waals surface area contributed by atoms with Crippen LogP contribution in [-0.4, -0.2) is 31.7 Å². The Labute approximate surface area is 139 Å². The first-order chi connectivity index (χ1) is 10.3. The number of hydrogen-bond acceptors (Lipinski definition) is 2. The number of carbonyl (C=O) groups excluding carboxylic acids is 1. The van der Waals surface area contributed by atoms with Crippen LogP contribution in [0.15, 0.2) is 24.3 Å². The molecule has 122 valence electrons. The average Bonchev–Trinajstić information content (AvgIpc) is 2.53. The van der Waals surface area contributed by atoms with E-state index in [1.54, 1.807) is 4.90 Å². The Morgan fingerprint density at radius 3 is 2.77 bits per heavy atom. The van der Waals surface area contributed by atoms with Gasteiger partial charge in [-0.1, -0.05) is 18.2 Å². The summed E-state index contributed by atoms with van der Waals surface area (Å²) < 4.78 is 5.65. The molecule has 0 amide bonds. The SMILES string of the molecule is Cc1ccccc1C(=O)OCC1CCC[NH+]2CCCCC12.[Cl-]. The Morgan fingerprint density at radius 1 is 1.18 bits per heavy atom. The molecule has 2 aliphatic rings. The van der Waals surface area contributed by atoms with Crippen molar-refractivity contribution in [2.24, 2.45) is 5.92 Å². The lowest BCUT2D eigenvalue weighted by molar-refractivity contribution is -0.940. The van der Waals surface area contributed by atoms with E-state index < -0.39 is 0 Å². The Morgan fingerprint density at radius 2 is 1.95 bits per heavy atom. The second-order valence-corrected chi connectivity index (χ2v) is 6.58. The number of fused-ring (bicyclic) bond motifs is 1. The monoisotopic (exact) mass is 323 g/mol. The maximum atomic E-state index is 12.2. The van der Waals surface area contributed by atoms with Gasteiger partial charge in [0.1, 0.15) is 6.61 Å². The van der Waals surface area contributed by atoms with Crippen molar-refractivity contribution < 1.29 is 26.8 Å². The minimum atomic E-state index is -0.156. The molecule has 1 aromatic carbocycles. The molecule has 3 nitrogen and oxygen atoms in total. The Hall–Kier alpha value is -1.06. The number of aryl methyl sites for hydroxylation is 1. The second-order valence-electron chi connectivity index (χ2n) is 6.58. The van der Waals surface area contributed by atoms with E-state index in [1.165, 1.54) is 45.2 Å². The van der Waals surface area contributed by atoms with Crippen LogP contribution in [0.3, 0.4) is 0 Å². The van der Waals surface area contributed by atoms with Crippen LogP contribution in [0.4, 0.5) is 0 Å². The number of benzene rings is 1. The summed E-state index contributed by atoms with van der Waals surface area (Å²) in [6.07, 6.45) is 6.51. The molecule has 0 spiro atoms. The van der Waals surface area contributed by atoms with Crippen molar-refractivity contribution in [3.63, 3.8) is 0 Å². The van der Waals surface area contributed by atoms with Gasteiger partial charge in [0.05, 0.1) is 24.7 Å². The zero-order chi connectivity index (χ0) is 14.7. The fraction of sp³-hybridized carbons (Fsp3) is 0.611. The fourth-order valence-electron chi connectivity index (χ4n) is 4.04. The summed E-state index contributed by atoms with van der Waals surface area (Å²) >= 11 is 0. The van der Waals surface area contributed by atoms with Gasteiger partial charge in [-0.2, -0.15) is 0 Å². The molecule has 3 atom stereocenters. The third-order valence-corrected chi connectivity index (χ3v) is 5.22. The van der Waals surface area contributed by atoms with E-state index in [0.29, 0.717) is 18.1 Å². The van der Waals surface area contributed by atoms with Crippen LogP contribution < -0.4 is 17.3 Å². The van der Waals surface area contributed by atoms with Gasteiger partial charge in [-0.25, -0.2) is 4.79 Å². The number of rotatable bonds is 3. The fourth-order valence-corrected chi connectivity index (χ4v) is 4.04. The molecule has 0 aliphatic carbocycles. The number of ether oxygens (including phenoxy) is 1. The molecule has 3 rings (SSSR count). The third kappa shape index (κ3) is 3.82. The molecule has 0 aromatic heterocycles. The van der Waals surface area contributed by atoms with Crippen LogP contribution in [0.1, 0.15) is 48.0 Å². The number of carbonyl (C=O) groups is 1. The van der Waals surface area contributed by atoms with Crippen molar-refractivity contribution >= 4 is 5.97 Å². The quantitative estimate of drug-likeness (QED) is 0.724. The van der Waals surface area contributed by atoms with Gasteiger partial charge in [0.2, 0.25) is 0 Å². The van der Waals surface area contributed by atoms with E-state index in [4.69, 9.17) is 4.74 Å². The predicted octanol–water partition coefficient (Wildman–Crippen LogP) is -0.997. The van der Waals surface area contributed by atoms with Crippen molar-refractivity contribution in [3.8, 4) is 0 Å². The van der Waals surface area contributed by atoms with Crippen LogP contribution in [0, 0.1) is 12.8 Å². The molecule has 1 N–H and O–H groups in total. The first kappa shape index (κ1) is 17.3. The van der Waals surface area contributed by atoms with Crippen molar-refractivity contribution in [2.75, 3.05) is 19.7 Å². The minimum absolute atomic E-state index is 0. The van der Waals surface area contributed by atoms with Gasteiger partial charge in [-0.3, -0.25) is 0 Å². The zero-order valence-electron chi connectivity index (χ0n) is 13.3. The average molecular weight is 324 g/mol. The largest absolute Gasteiger partial charge is 1.00 e. The summed E-state index contributed by atoms with van der Waals surface area (Å²) in [6.45, 7) is 5.19. The molecule has 4 heteroatoms. The number of esters is 1. The number of halogens is 1. The van der Waals surface area contributed by atoms with Crippen molar-refractivity contribution in [1.82, 2.24) is 0 Å². The first-order valence-corrected chi connectivity index (χ1v) is 8.33. The molecule has 3 unspecified atom stereocenters. The molecule has 2 heterocycles. The molecule has 0 radical (unpaired) electrons. The number of quaternary nitrogens is 1. The first-order valence-electron chi connectivity index (χ1n) is 8.33. The van der Waals surface area contributed by atoms with E-state index >= 15 is 0 Å². The van der Waals surface area contributed by atoms with Crippen molar-refractivity contribution in [3.05, 3.63) is 35.4 Å². The lowest BCUT2D eigenvalue weighted by Crippen LogP contribution is -3.18. The van der Waals surface area contributed by atoms with Crippen molar-refractivity contribution in [2.45, 2.75) is 45.1 Å². The third-order valence-electron chi connectivity index (χ3n) is 5.22. The Bertz CT molecular complexity index is 504. The molecule has 0 saturated carbocycles. The maximum Gasteiger partial charge on any atom is 0.338 e. The minimum Gasteiger partial charge on any atom is -1.00 e. The van der Waals surface area contributed by atoms with E-state index in [9.17, 15) is 4.79 Å². The molecule has 0 bridgehead atoms. The van der Waals surface area contributed by atoms with E-state index in [-0.39, 0.29) is 18.4 Å². The molecule has 1 aromatic rings. The summed E-state index contributed by atoms with van der Waals surface area (Å²) in [5, 5.41) is 0. The predicted molar refractivity (Wildman–Crippen MR) is 82.5 cm³/mol. The van der Waals surface area contributed by atoms with Crippen LogP contribution >= 0.6 is 0 Å². The van der Waals surface area contributed by atoms with Crippen LogP contribution in [0.5, 0.6) is 0 Å². The molecular weight excluding hydrogens is 298 g/mol. The summed E-state index contributed by atoms with van der Waals surface area (Å²) in [4.78, 5) is 14.0. The highest BCUT2D eigenvalue weighted by atomic mass is 35.5. The smallest absolute Gasteiger partial charge is 0.338 e. The summed E-state index contributed by atoms with van der Waals surface area (Å²) in [6, 6.07) is 8.39. The number of piperidine rings is 2. The van der Waals surface area contributed by atoms with Gasteiger partial charge in [0.25, 0.3) is 0 Å². The molecule has 2 saturated heterocycles. The highest BCUT2D eigenvalue weighted by Crippen LogP contribution is 2.21. The highest BCUT2D eigenvalue weighted by Gasteiger charge is 2.37. The lowest BCUT2D eigenvalue weighted by atomic mass is 9.84. The highest BCUT2D eigenvalue weighted by molar-refractivity contribution is 5.90. The van der Waals surface area contributed by atoms with Gasteiger partial charge >= 0.3 is 5.97 Å². The second kappa shape index (κ2) is 7.98. The van der Waals surface area contributed by atoms with Gasteiger partial charge in [0, 0.05) is 5.92 Å². The van der Waals surface area contributed by atoms with Gasteiger partial charge in [0.15, 0.2) is 0 Å². The summed E-state index contributed by atoms with van der Waals surface area (Å²) in [7, 11) is 0. The van der Waals surface area contributed by atoms with E-state index in [1.807, 2.05) is 31.2 Å². The van der Waals surface area contributed by atoms with Gasteiger partial charge in [-0.15, -0.1) is 0 Å². The number of hydrogen-bond donors (Lipinski definition) is 1. The lowest BCUT2D eigenvalue weighted by Gasteiger charge is -2.41. The van der Waals surface area contributed by atoms with Crippen molar-refractivity contribution in [1.29, 1.82) is 0 Å². The van der Waals surface area contributed by atoms with Gasteiger partial charge < -0.3 is 22.0 Å². The topological polar surface area (TPSA) is 30.7 Å². The normalized spacial score (nSPS) is 27.4. The summed E-state index contributed by atoms with van der Waals surface area (Å²) in [5.74, 6) is 0.401.